The second kappa shape index (κ2) is 7.28. The van der Waals surface area contributed by atoms with E-state index >= 15 is 0 Å². The standard InChI is InChI=1S/C12H24N2O3/c15-14(17-12-4-2-1-3-5-12)7-6-13-8-10-16-11-9-13/h12,15H,1-11H2. The number of ether oxygens (including phenoxy) is 1. The smallest absolute Gasteiger partial charge is 0.0819 e. The Morgan fingerprint density at radius 3 is 2.59 bits per heavy atom. The first-order chi connectivity index (χ1) is 8.34. The van der Waals surface area contributed by atoms with E-state index in [0.717, 1.165) is 50.9 Å². The van der Waals surface area contributed by atoms with E-state index in [1.165, 1.54) is 19.3 Å². The lowest BCUT2D eigenvalue weighted by atomic mass is 9.98. The highest BCUT2D eigenvalue weighted by Crippen LogP contribution is 2.20. The molecule has 0 radical (unpaired) electrons. The minimum Gasteiger partial charge on any atom is -0.379 e. The third-order valence-electron chi connectivity index (χ3n) is 3.53. The van der Waals surface area contributed by atoms with Crippen LogP contribution in [0.5, 0.6) is 0 Å². The summed E-state index contributed by atoms with van der Waals surface area (Å²) in [7, 11) is 0. The van der Waals surface area contributed by atoms with Crippen LogP contribution in [0.2, 0.25) is 0 Å². The van der Waals surface area contributed by atoms with Crippen molar-refractivity contribution in [3.8, 4) is 0 Å². The van der Waals surface area contributed by atoms with Crippen molar-refractivity contribution in [1.82, 2.24) is 10.1 Å². The Labute approximate surface area is 103 Å². The number of hydrogen-bond acceptors (Lipinski definition) is 5. The summed E-state index contributed by atoms with van der Waals surface area (Å²) in [5, 5.41) is 10.7. The lowest BCUT2D eigenvalue weighted by molar-refractivity contribution is -0.363. The van der Waals surface area contributed by atoms with Crippen molar-refractivity contribution in [2.75, 3.05) is 39.4 Å². The fraction of sp³-hybridized carbons (Fsp3) is 1.00. The Balaban J connectivity index is 1.57. The van der Waals surface area contributed by atoms with Crippen molar-refractivity contribution in [3.63, 3.8) is 0 Å². The lowest BCUT2D eigenvalue weighted by Crippen LogP contribution is -2.41. The van der Waals surface area contributed by atoms with Crippen LogP contribution in [0.25, 0.3) is 0 Å². The Kier molecular flexibility index (Phi) is 5.67. The summed E-state index contributed by atoms with van der Waals surface area (Å²) in [6.45, 7) is 4.90. The third-order valence-corrected chi connectivity index (χ3v) is 3.53. The van der Waals surface area contributed by atoms with Gasteiger partial charge in [0, 0.05) is 19.6 Å². The van der Waals surface area contributed by atoms with Gasteiger partial charge in [0.1, 0.15) is 0 Å². The van der Waals surface area contributed by atoms with Crippen LogP contribution in [-0.2, 0) is 9.57 Å². The maximum Gasteiger partial charge on any atom is 0.0819 e. The van der Waals surface area contributed by atoms with Crippen LogP contribution in [0.4, 0.5) is 0 Å². The molecule has 0 aromatic rings. The molecule has 0 unspecified atom stereocenters. The quantitative estimate of drug-likeness (QED) is 0.738. The summed E-state index contributed by atoms with van der Waals surface area (Å²) in [5.74, 6) is 0. The number of hydrogen-bond donors (Lipinski definition) is 1. The molecule has 0 spiro atoms. The molecule has 1 aliphatic carbocycles. The molecule has 2 fully saturated rings. The van der Waals surface area contributed by atoms with Gasteiger partial charge in [-0.1, -0.05) is 24.5 Å². The number of rotatable bonds is 5. The van der Waals surface area contributed by atoms with E-state index in [0.29, 0.717) is 6.54 Å². The molecule has 2 aliphatic rings. The van der Waals surface area contributed by atoms with Crippen LogP contribution in [0, 0.1) is 0 Å². The summed E-state index contributed by atoms with van der Waals surface area (Å²) in [4.78, 5) is 7.80. The largest absolute Gasteiger partial charge is 0.379 e. The van der Waals surface area contributed by atoms with E-state index in [1.807, 2.05) is 0 Å². The molecule has 0 amide bonds. The summed E-state index contributed by atoms with van der Waals surface area (Å²) in [5.41, 5.74) is 0. The molecule has 5 heteroatoms. The zero-order valence-corrected chi connectivity index (χ0v) is 10.5. The van der Waals surface area contributed by atoms with E-state index < -0.39 is 0 Å². The van der Waals surface area contributed by atoms with Crippen LogP contribution in [0.1, 0.15) is 32.1 Å². The van der Waals surface area contributed by atoms with Crippen molar-refractivity contribution in [3.05, 3.63) is 0 Å². The zero-order valence-electron chi connectivity index (χ0n) is 10.5. The van der Waals surface area contributed by atoms with Gasteiger partial charge in [-0.2, -0.15) is 0 Å². The first kappa shape index (κ1) is 13.2. The highest BCUT2D eigenvalue weighted by atomic mass is 16.9. The topological polar surface area (TPSA) is 45.2 Å². The SMILES string of the molecule is ON(CCN1CCOCC1)OC1CCCCC1. The van der Waals surface area contributed by atoms with Gasteiger partial charge >= 0.3 is 0 Å². The minimum atomic E-state index is 0.221. The molecule has 1 saturated carbocycles. The third kappa shape index (κ3) is 4.89. The summed E-state index contributed by atoms with van der Waals surface area (Å²) in [6, 6.07) is 0. The van der Waals surface area contributed by atoms with E-state index in [4.69, 9.17) is 9.57 Å². The van der Waals surface area contributed by atoms with Gasteiger partial charge in [0.25, 0.3) is 0 Å². The number of hydroxylamine groups is 2. The van der Waals surface area contributed by atoms with Crippen LogP contribution in [-0.4, -0.2) is 60.8 Å². The highest BCUT2D eigenvalue weighted by molar-refractivity contribution is 4.65. The molecular weight excluding hydrogens is 220 g/mol. The maximum absolute atomic E-state index is 9.69. The summed E-state index contributed by atoms with van der Waals surface area (Å²) >= 11 is 0. The highest BCUT2D eigenvalue weighted by Gasteiger charge is 2.18. The van der Waals surface area contributed by atoms with Crippen LogP contribution < -0.4 is 0 Å². The molecule has 2 rings (SSSR count). The zero-order chi connectivity index (χ0) is 11.9. The van der Waals surface area contributed by atoms with Gasteiger partial charge in [-0.15, -0.1) is 0 Å². The van der Waals surface area contributed by atoms with Crippen molar-refractivity contribution in [1.29, 1.82) is 0 Å². The van der Waals surface area contributed by atoms with Crippen LogP contribution >= 0.6 is 0 Å². The molecule has 0 atom stereocenters. The number of morpholine rings is 1. The molecule has 100 valence electrons. The predicted octanol–water partition coefficient (Wildman–Crippen LogP) is 1.27. The Morgan fingerprint density at radius 2 is 1.88 bits per heavy atom. The molecular formula is C12H24N2O3. The first-order valence-corrected chi connectivity index (χ1v) is 6.78. The molecule has 0 aromatic heterocycles. The van der Waals surface area contributed by atoms with E-state index in [2.05, 4.69) is 4.90 Å². The number of nitrogens with zero attached hydrogens (tertiary/aromatic N) is 2. The van der Waals surface area contributed by atoms with Crippen molar-refractivity contribution < 1.29 is 14.8 Å². The van der Waals surface area contributed by atoms with Gasteiger partial charge in [-0.3, -0.25) is 14.9 Å². The fourth-order valence-electron chi connectivity index (χ4n) is 2.45. The molecule has 1 heterocycles. The van der Waals surface area contributed by atoms with E-state index in [9.17, 15) is 5.21 Å². The van der Waals surface area contributed by atoms with Gasteiger partial charge in [0.15, 0.2) is 0 Å². The first-order valence-electron chi connectivity index (χ1n) is 6.78. The average molecular weight is 244 g/mol. The van der Waals surface area contributed by atoms with Gasteiger partial charge in [0.2, 0.25) is 0 Å². The Hall–Kier alpha value is -0.200. The average Bonchev–Trinajstić information content (AvgIpc) is 2.39. The van der Waals surface area contributed by atoms with Crippen molar-refractivity contribution in [2.24, 2.45) is 0 Å². The normalized spacial score (nSPS) is 24.4. The molecule has 0 aromatic carbocycles. The monoisotopic (exact) mass is 244 g/mol. The van der Waals surface area contributed by atoms with E-state index in [-0.39, 0.29) is 6.10 Å². The second-order valence-electron chi connectivity index (χ2n) is 4.90. The van der Waals surface area contributed by atoms with Gasteiger partial charge in [-0.25, -0.2) is 0 Å². The summed E-state index contributed by atoms with van der Waals surface area (Å²) in [6.07, 6.45) is 6.13. The van der Waals surface area contributed by atoms with Crippen molar-refractivity contribution >= 4 is 0 Å². The van der Waals surface area contributed by atoms with E-state index in [1.54, 1.807) is 0 Å². The van der Waals surface area contributed by atoms with Gasteiger partial charge in [-0.05, 0) is 12.8 Å². The molecule has 1 N–H and O–H groups in total. The Bertz CT molecular complexity index is 204. The van der Waals surface area contributed by atoms with Gasteiger partial charge < -0.3 is 4.74 Å². The van der Waals surface area contributed by atoms with Crippen molar-refractivity contribution in [2.45, 2.75) is 38.2 Å². The van der Waals surface area contributed by atoms with Crippen LogP contribution in [0.15, 0.2) is 0 Å². The molecule has 1 aliphatic heterocycles. The predicted molar refractivity (Wildman–Crippen MR) is 63.7 cm³/mol. The lowest BCUT2D eigenvalue weighted by Gasteiger charge is -2.29. The molecule has 0 bridgehead atoms. The maximum atomic E-state index is 9.69. The molecule has 17 heavy (non-hydrogen) atoms. The Morgan fingerprint density at radius 1 is 1.18 bits per heavy atom. The van der Waals surface area contributed by atoms with Crippen LogP contribution in [0.3, 0.4) is 0 Å². The molecule has 5 nitrogen and oxygen atoms in total. The second-order valence-corrected chi connectivity index (χ2v) is 4.90. The minimum absolute atomic E-state index is 0.221. The summed E-state index contributed by atoms with van der Waals surface area (Å²) < 4.78 is 5.28. The van der Waals surface area contributed by atoms with Gasteiger partial charge in [0.05, 0.1) is 25.9 Å². The molecule has 1 saturated heterocycles. The fourth-order valence-corrected chi connectivity index (χ4v) is 2.45.